The van der Waals surface area contributed by atoms with Crippen molar-refractivity contribution in [2.24, 2.45) is 5.92 Å². The number of hydrogen-bond donors (Lipinski definition) is 2. The van der Waals surface area contributed by atoms with Gasteiger partial charge in [-0.15, -0.1) is 0 Å². The van der Waals surface area contributed by atoms with Crippen LogP contribution in [0, 0.1) is 5.92 Å². The predicted octanol–water partition coefficient (Wildman–Crippen LogP) is 1.87. The van der Waals surface area contributed by atoms with Gasteiger partial charge in [0.05, 0.1) is 12.4 Å². The van der Waals surface area contributed by atoms with Crippen LogP contribution < -0.4 is 10.6 Å². The zero-order valence-electron chi connectivity index (χ0n) is 12.6. The number of imidazole rings is 1. The minimum Gasteiger partial charge on any atom is -0.351 e. The van der Waals surface area contributed by atoms with Crippen LogP contribution in [0.3, 0.4) is 0 Å². The van der Waals surface area contributed by atoms with Crippen molar-refractivity contribution in [1.29, 1.82) is 0 Å². The highest BCUT2D eigenvalue weighted by Crippen LogP contribution is 2.30. The summed E-state index contributed by atoms with van der Waals surface area (Å²) in [5.41, 5.74) is 0. The lowest BCUT2D eigenvalue weighted by molar-refractivity contribution is -0.122. The number of carbonyl (C=O) groups excluding carboxylic acids is 1. The van der Waals surface area contributed by atoms with Gasteiger partial charge in [0.2, 0.25) is 5.91 Å². The van der Waals surface area contributed by atoms with Crippen molar-refractivity contribution in [2.75, 3.05) is 13.1 Å². The third-order valence-corrected chi connectivity index (χ3v) is 4.97. The van der Waals surface area contributed by atoms with Gasteiger partial charge in [0, 0.05) is 24.9 Å². The minimum atomic E-state index is 0.227. The molecule has 1 saturated carbocycles. The molecular weight excluding hydrogens is 264 g/mol. The molecule has 1 aliphatic carbocycles. The first-order valence-corrected chi connectivity index (χ1v) is 8.30. The molecule has 2 heterocycles. The molecule has 2 fully saturated rings. The van der Waals surface area contributed by atoms with Gasteiger partial charge in [-0.25, -0.2) is 4.98 Å². The Morgan fingerprint density at radius 2 is 2.14 bits per heavy atom. The summed E-state index contributed by atoms with van der Waals surface area (Å²) in [7, 11) is 0. The van der Waals surface area contributed by atoms with Crippen LogP contribution in [0.5, 0.6) is 0 Å². The van der Waals surface area contributed by atoms with Gasteiger partial charge in [-0.05, 0) is 57.5 Å². The van der Waals surface area contributed by atoms with Gasteiger partial charge < -0.3 is 15.2 Å². The molecular formula is C16H26N4O. The van der Waals surface area contributed by atoms with Gasteiger partial charge in [0.1, 0.15) is 0 Å². The molecule has 0 aromatic carbocycles. The Hall–Kier alpha value is -1.36. The second-order valence-electron chi connectivity index (χ2n) is 6.41. The van der Waals surface area contributed by atoms with Crippen LogP contribution in [0.4, 0.5) is 0 Å². The molecule has 21 heavy (non-hydrogen) atoms. The van der Waals surface area contributed by atoms with Crippen molar-refractivity contribution in [3.8, 4) is 0 Å². The van der Waals surface area contributed by atoms with Gasteiger partial charge in [0.25, 0.3) is 0 Å². The van der Waals surface area contributed by atoms with Crippen molar-refractivity contribution in [3.63, 3.8) is 0 Å². The van der Waals surface area contributed by atoms with E-state index in [2.05, 4.69) is 20.2 Å². The molecule has 1 aromatic rings. The topological polar surface area (TPSA) is 59.0 Å². The smallest absolute Gasteiger partial charge is 0.220 e. The molecule has 1 aromatic heterocycles. The Morgan fingerprint density at radius 3 is 2.90 bits per heavy atom. The number of amides is 1. The van der Waals surface area contributed by atoms with Crippen LogP contribution in [0.1, 0.15) is 51.0 Å². The highest BCUT2D eigenvalue weighted by Gasteiger charge is 2.29. The number of piperidine rings is 1. The van der Waals surface area contributed by atoms with E-state index >= 15 is 0 Å². The fourth-order valence-corrected chi connectivity index (χ4v) is 3.72. The van der Waals surface area contributed by atoms with Crippen LogP contribution in [-0.4, -0.2) is 34.6 Å². The largest absolute Gasteiger partial charge is 0.351 e. The quantitative estimate of drug-likeness (QED) is 0.870. The maximum absolute atomic E-state index is 12.2. The molecule has 1 saturated heterocycles. The molecule has 3 rings (SSSR count). The zero-order chi connectivity index (χ0) is 14.5. The first-order chi connectivity index (χ1) is 10.3. The highest BCUT2D eigenvalue weighted by molar-refractivity contribution is 5.76. The molecule has 5 heteroatoms. The third kappa shape index (κ3) is 3.84. The Bertz CT molecular complexity index is 439. The number of nitrogens with one attached hydrogen (secondary N) is 2. The van der Waals surface area contributed by atoms with Crippen molar-refractivity contribution in [1.82, 2.24) is 20.2 Å². The predicted molar refractivity (Wildman–Crippen MR) is 81.9 cm³/mol. The number of hydrogen-bond acceptors (Lipinski definition) is 3. The van der Waals surface area contributed by atoms with E-state index in [0.717, 1.165) is 38.3 Å². The molecule has 1 aliphatic heterocycles. The molecule has 2 aliphatic rings. The standard InChI is InChI=1S/C16H26N4O/c21-16(5-4-13-6-8-17-9-7-13)19-14-2-1-3-15(14)20-11-10-18-12-20/h10-15,17H,1-9H2,(H,19,21). The Morgan fingerprint density at radius 1 is 1.29 bits per heavy atom. The highest BCUT2D eigenvalue weighted by atomic mass is 16.1. The summed E-state index contributed by atoms with van der Waals surface area (Å²) in [4.78, 5) is 16.3. The summed E-state index contributed by atoms with van der Waals surface area (Å²) in [5, 5.41) is 6.63. The van der Waals surface area contributed by atoms with E-state index in [9.17, 15) is 4.79 Å². The average Bonchev–Trinajstić information content (AvgIpc) is 3.17. The molecule has 5 nitrogen and oxygen atoms in total. The maximum atomic E-state index is 12.2. The van der Waals surface area contributed by atoms with Crippen LogP contribution in [0.25, 0.3) is 0 Å². The summed E-state index contributed by atoms with van der Waals surface area (Å²) in [5.74, 6) is 0.954. The van der Waals surface area contributed by atoms with Gasteiger partial charge in [-0.2, -0.15) is 0 Å². The van der Waals surface area contributed by atoms with Gasteiger partial charge >= 0.3 is 0 Å². The maximum Gasteiger partial charge on any atom is 0.220 e. The molecule has 0 spiro atoms. The molecule has 2 atom stereocenters. The number of rotatable bonds is 5. The Kier molecular flexibility index (Phi) is 4.91. The average molecular weight is 290 g/mol. The molecule has 1 amide bonds. The van der Waals surface area contributed by atoms with Gasteiger partial charge in [-0.1, -0.05) is 0 Å². The molecule has 2 unspecified atom stereocenters. The number of nitrogens with zero attached hydrogens (tertiary/aromatic N) is 2. The van der Waals surface area contributed by atoms with E-state index in [-0.39, 0.29) is 11.9 Å². The van der Waals surface area contributed by atoms with Crippen LogP contribution in [0.2, 0.25) is 0 Å². The summed E-state index contributed by atoms with van der Waals surface area (Å²) < 4.78 is 2.14. The molecule has 2 N–H and O–H groups in total. The van der Waals surface area contributed by atoms with E-state index in [1.54, 1.807) is 0 Å². The van der Waals surface area contributed by atoms with E-state index < -0.39 is 0 Å². The van der Waals surface area contributed by atoms with E-state index in [1.807, 2.05) is 18.7 Å². The first kappa shape index (κ1) is 14.6. The van der Waals surface area contributed by atoms with Crippen molar-refractivity contribution in [2.45, 2.75) is 57.0 Å². The summed E-state index contributed by atoms with van der Waals surface area (Å²) in [6, 6.07) is 0.662. The summed E-state index contributed by atoms with van der Waals surface area (Å²) in [6.07, 6.45) is 13.2. The Balaban J connectivity index is 1.45. The lowest BCUT2D eigenvalue weighted by atomic mass is 9.93. The lowest BCUT2D eigenvalue weighted by Crippen LogP contribution is -2.38. The van der Waals surface area contributed by atoms with Crippen LogP contribution in [-0.2, 0) is 4.79 Å². The normalized spacial score (nSPS) is 26.9. The van der Waals surface area contributed by atoms with Crippen LogP contribution >= 0.6 is 0 Å². The van der Waals surface area contributed by atoms with Crippen molar-refractivity contribution >= 4 is 5.91 Å². The monoisotopic (exact) mass is 290 g/mol. The molecule has 0 bridgehead atoms. The number of aromatic nitrogens is 2. The van der Waals surface area contributed by atoms with Gasteiger partial charge in [0.15, 0.2) is 0 Å². The van der Waals surface area contributed by atoms with Crippen molar-refractivity contribution in [3.05, 3.63) is 18.7 Å². The SMILES string of the molecule is O=C(CCC1CCNCC1)NC1CCCC1n1ccnc1. The fraction of sp³-hybridized carbons (Fsp3) is 0.750. The zero-order valence-corrected chi connectivity index (χ0v) is 12.6. The molecule has 116 valence electrons. The van der Waals surface area contributed by atoms with E-state index in [1.165, 1.54) is 19.3 Å². The minimum absolute atomic E-state index is 0.227. The number of carbonyl (C=O) groups is 1. The lowest BCUT2D eigenvalue weighted by Gasteiger charge is -2.24. The second kappa shape index (κ2) is 7.07. The van der Waals surface area contributed by atoms with Crippen LogP contribution in [0.15, 0.2) is 18.7 Å². The van der Waals surface area contributed by atoms with E-state index in [4.69, 9.17) is 0 Å². The summed E-state index contributed by atoms with van der Waals surface area (Å²) in [6.45, 7) is 2.22. The fourth-order valence-electron chi connectivity index (χ4n) is 3.72. The Labute approximate surface area is 126 Å². The van der Waals surface area contributed by atoms with Gasteiger partial charge in [-0.3, -0.25) is 4.79 Å². The third-order valence-electron chi connectivity index (χ3n) is 4.97. The first-order valence-electron chi connectivity index (χ1n) is 8.30. The van der Waals surface area contributed by atoms with Crippen molar-refractivity contribution < 1.29 is 4.79 Å². The second-order valence-corrected chi connectivity index (χ2v) is 6.41. The van der Waals surface area contributed by atoms with E-state index in [0.29, 0.717) is 12.5 Å². The summed E-state index contributed by atoms with van der Waals surface area (Å²) >= 11 is 0. The molecule has 0 radical (unpaired) electrons.